The number of anilines is 1. The summed E-state index contributed by atoms with van der Waals surface area (Å²) in [6, 6.07) is 29.0. The summed E-state index contributed by atoms with van der Waals surface area (Å²) in [5.41, 5.74) is 2.19. The number of aliphatic carboxylic acids is 1. The molecule has 2 atom stereocenters. The minimum absolute atomic E-state index is 0.141. The van der Waals surface area contributed by atoms with Crippen LogP contribution in [0.5, 0.6) is 0 Å². The van der Waals surface area contributed by atoms with Gasteiger partial charge in [0, 0.05) is 23.6 Å². The van der Waals surface area contributed by atoms with Gasteiger partial charge in [0.1, 0.15) is 41.6 Å². The average molecular weight is 712 g/mol. The molecule has 4 aromatic rings. The lowest BCUT2D eigenvalue weighted by atomic mass is 9.77. The fourth-order valence-corrected chi connectivity index (χ4v) is 7.99. The molecule has 1 fully saturated rings. The highest BCUT2D eigenvalue weighted by Gasteiger charge is 2.54. The van der Waals surface area contributed by atoms with E-state index in [4.69, 9.17) is 14.6 Å². The molecule has 2 aliphatic rings. The Kier molecular flexibility index (Phi) is 10.3. The van der Waals surface area contributed by atoms with Crippen molar-refractivity contribution in [3.05, 3.63) is 130 Å². The molecule has 256 valence electrons. The first-order chi connectivity index (χ1) is 24.2. The van der Waals surface area contributed by atoms with Crippen LogP contribution in [-0.4, -0.2) is 74.8 Å². The number of carbonyl (C=O) groups is 4. The topological polar surface area (TPSA) is 160 Å². The van der Waals surface area contributed by atoms with Gasteiger partial charge >= 0.3 is 11.9 Å². The molecule has 0 spiro atoms. The number of benzene rings is 3. The standard InChI is InChI=1S/C36H33N5O7S2/c1-3-48-40-28(31(43)38-29-32(44)41-30(34(45)46)23(19-47-22(2)42)20-49-33(29)41)27-21-50-35(37-27)39-36(24-13-7-4-8-14-24,25-15-9-5-10-16-25)26-17-11-6-12-18-26/h4-18,21,29,33H,3,19-20H2,1-2H3,(H,37,39)(H,38,43)(H,45,46)/b40-28+/t29?,33-/m1/s1. The molecule has 6 rings (SSSR count). The molecule has 50 heavy (non-hydrogen) atoms. The lowest BCUT2D eigenvalue weighted by molar-refractivity contribution is -0.150. The average Bonchev–Trinajstić information content (AvgIpc) is 3.60. The first-order valence-corrected chi connectivity index (χ1v) is 17.6. The van der Waals surface area contributed by atoms with E-state index < -0.39 is 40.7 Å². The Morgan fingerprint density at radius 3 is 2.08 bits per heavy atom. The highest BCUT2D eigenvalue weighted by molar-refractivity contribution is 8.00. The van der Waals surface area contributed by atoms with Crippen LogP contribution in [0.15, 0.2) is 113 Å². The molecule has 3 heterocycles. The van der Waals surface area contributed by atoms with Gasteiger partial charge in [-0.1, -0.05) is 96.2 Å². The SMILES string of the molecule is CCO/N=C(/C(=O)NC1C(=O)N2C(C(=O)O)=C(COC(C)=O)CS[C@H]12)c1csc(NC(c2ccccc2)(c2ccccc2)c2ccccc2)n1. The van der Waals surface area contributed by atoms with E-state index in [-0.39, 0.29) is 36.1 Å². The van der Waals surface area contributed by atoms with Crippen LogP contribution in [0.2, 0.25) is 0 Å². The van der Waals surface area contributed by atoms with Gasteiger partial charge in [-0.05, 0) is 23.6 Å². The zero-order valence-electron chi connectivity index (χ0n) is 27.1. The monoisotopic (exact) mass is 711 g/mol. The Morgan fingerprint density at radius 1 is 0.980 bits per heavy atom. The molecule has 0 bridgehead atoms. The van der Waals surface area contributed by atoms with Gasteiger partial charge in [-0.25, -0.2) is 9.78 Å². The zero-order valence-corrected chi connectivity index (χ0v) is 28.7. The molecule has 0 saturated carbocycles. The van der Waals surface area contributed by atoms with Crippen LogP contribution < -0.4 is 10.6 Å². The van der Waals surface area contributed by atoms with Crippen LogP contribution in [0.1, 0.15) is 36.2 Å². The van der Waals surface area contributed by atoms with Crippen molar-refractivity contribution < 1.29 is 33.9 Å². The first-order valence-electron chi connectivity index (χ1n) is 15.7. The summed E-state index contributed by atoms with van der Waals surface area (Å²) in [6.07, 6.45) is 0. The number of esters is 1. The molecule has 3 N–H and O–H groups in total. The minimum atomic E-state index is -1.32. The number of carboxylic acid groups (broad SMARTS) is 1. The van der Waals surface area contributed by atoms with Crippen molar-refractivity contribution in [3.63, 3.8) is 0 Å². The quantitative estimate of drug-likeness (QED) is 0.0589. The third-order valence-electron chi connectivity index (χ3n) is 8.15. The lowest BCUT2D eigenvalue weighted by Crippen LogP contribution is -2.71. The zero-order chi connectivity index (χ0) is 35.3. The number of thioether (sulfide) groups is 1. The van der Waals surface area contributed by atoms with Crippen LogP contribution in [-0.2, 0) is 34.3 Å². The van der Waals surface area contributed by atoms with Crippen LogP contribution in [0, 0.1) is 0 Å². The number of carbonyl (C=O) groups excluding carboxylic acids is 3. The summed E-state index contributed by atoms with van der Waals surface area (Å²) in [5.74, 6) is -3.01. The Hall–Kier alpha value is -5.47. The number of oxime groups is 1. The number of rotatable bonds is 13. The second-order valence-corrected chi connectivity index (χ2v) is 13.2. The molecule has 12 nitrogen and oxygen atoms in total. The van der Waals surface area contributed by atoms with Gasteiger partial charge in [-0.2, -0.15) is 0 Å². The number of nitrogens with one attached hydrogen (secondary N) is 2. The molecule has 14 heteroatoms. The van der Waals surface area contributed by atoms with E-state index in [1.165, 1.54) is 30.0 Å². The predicted molar refractivity (Wildman–Crippen MR) is 189 cm³/mol. The minimum Gasteiger partial charge on any atom is -0.477 e. The summed E-state index contributed by atoms with van der Waals surface area (Å²) in [6.45, 7) is 2.87. The first kappa shape index (κ1) is 34.4. The molecular formula is C36H33N5O7S2. The van der Waals surface area contributed by atoms with E-state index >= 15 is 0 Å². The maximum atomic E-state index is 13.7. The Morgan fingerprint density at radius 2 is 1.56 bits per heavy atom. The van der Waals surface area contributed by atoms with Crippen molar-refractivity contribution in [2.75, 3.05) is 24.3 Å². The summed E-state index contributed by atoms with van der Waals surface area (Å²) in [5, 5.41) is 21.8. The van der Waals surface area contributed by atoms with Crippen LogP contribution >= 0.6 is 23.1 Å². The highest BCUT2D eigenvalue weighted by Crippen LogP contribution is 2.42. The number of amides is 2. The van der Waals surface area contributed by atoms with Gasteiger partial charge in [0.2, 0.25) is 0 Å². The van der Waals surface area contributed by atoms with Gasteiger partial charge < -0.3 is 25.3 Å². The third-order valence-corrected chi connectivity index (χ3v) is 10.2. The molecule has 1 aromatic heterocycles. The second kappa shape index (κ2) is 15.0. The van der Waals surface area contributed by atoms with E-state index in [9.17, 15) is 24.3 Å². The molecule has 2 aliphatic heterocycles. The fourth-order valence-electron chi connectivity index (χ4n) is 5.91. The molecule has 0 radical (unpaired) electrons. The highest BCUT2D eigenvalue weighted by atomic mass is 32.2. The Bertz CT molecular complexity index is 1850. The van der Waals surface area contributed by atoms with Crippen LogP contribution in [0.3, 0.4) is 0 Å². The smallest absolute Gasteiger partial charge is 0.352 e. The summed E-state index contributed by atoms with van der Waals surface area (Å²) < 4.78 is 5.00. The largest absolute Gasteiger partial charge is 0.477 e. The number of hydrogen-bond acceptors (Lipinski definition) is 11. The molecule has 1 unspecified atom stereocenters. The number of ether oxygens (including phenoxy) is 1. The van der Waals surface area contributed by atoms with Gasteiger partial charge in [-0.15, -0.1) is 23.1 Å². The van der Waals surface area contributed by atoms with Crippen molar-refractivity contribution in [1.82, 2.24) is 15.2 Å². The van der Waals surface area contributed by atoms with Crippen molar-refractivity contribution >= 4 is 57.7 Å². The van der Waals surface area contributed by atoms with E-state index in [0.29, 0.717) is 10.7 Å². The van der Waals surface area contributed by atoms with Gasteiger partial charge in [-0.3, -0.25) is 19.3 Å². The third kappa shape index (κ3) is 6.71. The van der Waals surface area contributed by atoms with Crippen LogP contribution in [0.25, 0.3) is 0 Å². The molecular weight excluding hydrogens is 679 g/mol. The normalized spacial score (nSPS) is 17.4. The molecule has 0 aliphatic carbocycles. The summed E-state index contributed by atoms with van der Waals surface area (Å²) in [7, 11) is 0. The maximum absolute atomic E-state index is 13.7. The van der Waals surface area contributed by atoms with Crippen molar-refractivity contribution in [2.24, 2.45) is 5.16 Å². The van der Waals surface area contributed by atoms with Crippen LogP contribution in [0.4, 0.5) is 5.13 Å². The number of thiazole rings is 1. The number of hydrogen-bond donors (Lipinski definition) is 3. The number of fused-ring (bicyclic) bond motifs is 1. The van der Waals surface area contributed by atoms with Gasteiger partial charge in [0.05, 0.1) is 0 Å². The molecule has 1 saturated heterocycles. The molecule has 2 amide bonds. The number of carboxylic acids is 1. The number of nitrogens with zero attached hydrogens (tertiary/aromatic N) is 3. The number of β-lactam (4-membered cyclic amide) rings is 1. The summed E-state index contributed by atoms with van der Waals surface area (Å²) >= 11 is 2.54. The fraction of sp³-hybridized carbons (Fsp3) is 0.222. The second-order valence-electron chi connectivity index (χ2n) is 11.3. The van der Waals surface area contributed by atoms with Crippen molar-refractivity contribution in [3.8, 4) is 0 Å². The van der Waals surface area contributed by atoms with E-state index in [1.807, 2.05) is 91.0 Å². The predicted octanol–water partition coefficient (Wildman–Crippen LogP) is 4.59. The van der Waals surface area contributed by atoms with Crippen molar-refractivity contribution in [2.45, 2.75) is 30.8 Å². The van der Waals surface area contributed by atoms with E-state index in [2.05, 4.69) is 15.8 Å². The van der Waals surface area contributed by atoms with Gasteiger partial charge in [0.15, 0.2) is 10.8 Å². The summed E-state index contributed by atoms with van der Waals surface area (Å²) in [4.78, 5) is 61.7. The maximum Gasteiger partial charge on any atom is 0.352 e. The Balaban J connectivity index is 1.29. The number of aromatic nitrogens is 1. The Labute approximate surface area is 296 Å². The lowest BCUT2D eigenvalue weighted by Gasteiger charge is -2.49. The van der Waals surface area contributed by atoms with E-state index in [1.54, 1.807) is 12.3 Å². The van der Waals surface area contributed by atoms with Gasteiger partial charge in [0.25, 0.3) is 11.8 Å². The van der Waals surface area contributed by atoms with Crippen molar-refractivity contribution in [1.29, 1.82) is 0 Å². The van der Waals surface area contributed by atoms with E-state index in [0.717, 1.165) is 21.6 Å². The molecule has 3 aromatic carbocycles.